The zero-order valence-corrected chi connectivity index (χ0v) is 10.4. The minimum atomic E-state index is -2.61. The SMILES string of the molecule is COc1ccc(Oc2ccccc2)cc1S(=O)F. The van der Waals surface area contributed by atoms with Gasteiger partial charge in [0.15, 0.2) is 0 Å². The summed E-state index contributed by atoms with van der Waals surface area (Å²) in [6.07, 6.45) is 0. The third kappa shape index (κ3) is 2.87. The standard InChI is InChI=1S/C13H11FO3S/c1-16-12-8-7-11(9-13(12)18(14)15)17-10-5-3-2-4-6-10/h2-9H,1H3. The second-order valence-corrected chi connectivity index (χ2v) is 4.34. The van der Waals surface area contributed by atoms with Crippen LogP contribution in [0.5, 0.6) is 17.2 Å². The van der Waals surface area contributed by atoms with Crippen molar-refractivity contribution in [1.82, 2.24) is 0 Å². The molecule has 18 heavy (non-hydrogen) atoms. The maximum absolute atomic E-state index is 12.9. The highest BCUT2D eigenvalue weighted by molar-refractivity contribution is 7.80. The zero-order valence-electron chi connectivity index (χ0n) is 9.63. The fourth-order valence-electron chi connectivity index (χ4n) is 1.47. The Morgan fingerprint density at radius 3 is 2.39 bits per heavy atom. The maximum atomic E-state index is 12.9. The molecular weight excluding hydrogens is 255 g/mol. The van der Waals surface area contributed by atoms with Gasteiger partial charge >= 0.3 is 0 Å². The van der Waals surface area contributed by atoms with E-state index in [1.807, 2.05) is 18.2 Å². The number of hydrogen-bond donors (Lipinski definition) is 0. The Morgan fingerprint density at radius 2 is 1.78 bits per heavy atom. The van der Waals surface area contributed by atoms with Crippen LogP contribution in [-0.2, 0) is 11.2 Å². The first-order chi connectivity index (χ1) is 8.70. The predicted octanol–water partition coefficient (Wildman–Crippen LogP) is 3.48. The van der Waals surface area contributed by atoms with Gasteiger partial charge in [-0.25, -0.2) is 4.21 Å². The lowest BCUT2D eigenvalue weighted by molar-refractivity contribution is 0.400. The molecule has 0 bridgehead atoms. The van der Waals surface area contributed by atoms with Gasteiger partial charge in [-0.15, -0.1) is 3.89 Å². The number of methoxy groups -OCH3 is 1. The summed E-state index contributed by atoms with van der Waals surface area (Å²) in [6, 6.07) is 13.6. The zero-order chi connectivity index (χ0) is 13.0. The van der Waals surface area contributed by atoms with E-state index in [1.165, 1.54) is 19.2 Å². The maximum Gasteiger partial charge on any atom is 0.235 e. The van der Waals surface area contributed by atoms with Crippen molar-refractivity contribution in [3.8, 4) is 17.2 Å². The molecule has 0 fully saturated rings. The molecule has 0 aromatic heterocycles. The van der Waals surface area contributed by atoms with Crippen molar-refractivity contribution < 1.29 is 17.6 Å². The van der Waals surface area contributed by atoms with Gasteiger partial charge < -0.3 is 9.47 Å². The minimum Gasteiger partial charge on any atom is -0.495 e. The quantitative estimate of drug-likeness (QED) is 0.795. The average Bonchev–Trinajstić information content (AvgIpc) is 2.40. The van der Waals surface area contributed by atoms with E-state index in [4.69, 9.17) is 9.47 Å². The molecule has 0 aliphatic heterocycles. The van der Waals surface area contributed by atoms with E-state index in [2.05, 4.69) is 0 Å². The molecule has 94 valence electrons. The lowest BCUT2D eigenvalue weighted by Crippen LogP contribution is -1.93. The van der Waals surface area contributed by atoms with Gasteiger partial charge in [-0.3, -0.25) is 0 Å². The second kappa shape index (κ2) is 5.64. The van der Waals surface area contributed by atoms with Crippen LogP contribution < -0.4 is 9.47 Å². The molecular formula is C13H11FO3S. The van der Waals surface area contributed by atoms with Crippen molar-refractivity contribution in [3.63, 3.8) is 0 Å². The van der Waals surface area contributed by atoms with Crippen LogP contribution in [0.4, 0.5) is 3.89 Å². The first-order valence-corrected chi connectivity index (χ1v) is 6.24. The Balaban J connectivity index is 2.30. The van der Waals surface area contributed by atoms with E-state index in [-0.39, 0.29) is 10.6 Å². The molecule has 2 aromatic carbocycles. The lowest BCUT2D eigenvalue weighted by Gasteiger charge is -2.08. The van der Waals surface area contributed by atoms with Gasteiger partial charge in [0.1, 0.15) is 22.1 Å². The van der Waals surface area contributed by atoms with Crippen molar-refractivity contribution in [2.24, 2.45) is 0 Å². The molecule has 0 amide bonds. The van der Waals surface area contributed by atoms with Crippen molar-refractivity contribution in [2.75, 3.05) is 7.11 Å². The van der Waals surface area contributed by atoms with Gasteiger partial charge in [-0.05, 0) is 24.3 Å². The molecule has 1 atom stereocenters. The molecule has 0 spiro atoms. The third-order valence-corrected chi connectivity index (χ3v) is 2.95. The van der Waals surface area contributed by atoms with Crippen LogP contribution in [0.3, 0.4) is 0 Å². The second-order valence-electron chi connectivity index (χ2n) is 3.45. The molecule has 0 aliphatic rings. The third-order valence-electron chi connectivity index (χ3n) is 2.29. The van der Waals surface area contributed by atoms with Crippen molar-refractivity contribution >= 4 is 11.2 Å². The van der Waals surface area contributed by atoms with E-state index in [0.717, 1.165) is 0 Å². The van der Waals surface area contributed by atoms with Crippen molar-refractivity contribution in [3.05, 3.63) is 48.5 Å². The molecule has 1 unspecified atom stereocenters. The molecule has 0 heterocycles. The lowest BCUT2D eigenvalue weighted by atomic mass is 10.3. The number of para-hydroxylation sites is 1. The van der Waals surface area contributed by atoms with Crippen molar-refractivity contribution in [1.29, 1.82) is 0 Å². The number of benzene rings is 2. The summed E-state index contributed by atoms with van der Waals surface area (Å²) < 4.78 is 34.3. The van der Waals surface area contributed by atoms with Crippen LogP contribution in [0.15, 0.2) is 53.4 Å². The molecule has 2 rings (SSSR count). The highest BCUT2D eigenvalue weighted by atomic mass is 32.2. The topological polar surface area (TPSA) is 35.5 Å². The van der Waals surface area contributed by atoms with Gasteiger partial charge in [0.2, 0.25) is 11.2 Å². The molecule has 0 aliphatic carbocycles. The Hall–Kier alpha value is -1.88. The van der Waals surface area contributed by atoms with Crippen molar-refractivity contribution in [2.45, 2.75) is 4.90 Å². The molecule has 0 saturated carbocycles. The number of hydrogen-bond acceptors (Lipinski definition) is 3. The Morgan fingerprint density at radius 1 is 1.06 bits per heavy atom. The van der Waals surface area contributed by atoms with E-state index in [9.17, 15) is 8.09 Å². The van der Waals surface area contributed by atoms with Crippen LogP contribution in [0.1, 0.15) is 0 Å². The fourth-order valence-corrected chi connectivity index (χ4v) is 1.99. The van der Waals surface area contributed by atoms with Gasteiger partial charge in [0, 0.05) is 6.07 Å². The van der Waals surface area contributed by atoms with Crippen LogP contribution in [0.25, 0.3) is 0 Å². The van der Waals surface area contributed by atoms with E-state index in [1.54, 1.807) is 18.2 Å². The highest BCUT2D eigenvalue weighted by Crippen LogP contribution is 2.30. The van der Waals surface area contributed by atoms with Crippen LogP contribution >= 0.6 is 0 Å². The first kappa shape index (κ1) is 12.6. The summed E-state index contributed by atoms with van der Waals surface area (Å²) in [7, 11) is 1.39. The van der Waals surface area contributed by atoms with Gasteiger partial charge in [-0.2, -0.15) is 0 Å². The van der Waals surface area contributed by atoms with Gasteiger partial charge in [0.25, 0.3) is 0 Å². The van der Waals surface area contributed by atoms with Gasteiger partial charge in [-0.1, -0.05) is 18.2 Å². The fraction of sp³-hybridized carbons (Fsp3) is 0.0769. The normalized spacial score (nSPS) is 11.9. The summed E-state index contributed by atoms with van der Waals surface area (Å²) >= 11 is -2.61. The van der Waals surface area contributed by atoms with Crippen LogP contribution in [0.2, 0.25) is 0 Å². The molecule has 3 nitrogen and oxygen atoms in total. The first-order valence-electron chi connectivity index (χ1n) is 5.19. The summed E-state index contributed by atoms with van der Waals surface area (Å²) in [4.78, 5) is -0.0362. The molecule has 2 aromatic rings. The van der Waals surface area contributed by atoms with Crippen LogP contribution in [0, 0.1) is 0 Å². The Labute approximate surface area is 107 Å². The minimum absolute atomic E-state index is 0.0362. The summed E-state index contributed by atoms with van der Waals surface area (Å²) in [5.74, 6) is 1.26. The highest BCUT2D eigenvalue weighted by Gasteiger charge is 2.12. The molecule has 5 heteroatoms. The Bertz CT molecular complexity index is 557. The largest absolute Gasteiger partial charge is 0.495 e. The smallest absolute Gasteiger partial charge is 0.235 e. The Kier molecular flexibility index (Phi) is 3.94. The number of ether oxygens (including phenoxy) is 2. The number of rotatable bonds is 4. The predicted molar refractivity (Wildman–Crippen MR) is 67.0 cm³/mol. The monoisotopic (exact) mass is 266 g/mol. The number of halogens is 1. The summed E-state index contributed by atoms with van der Waals surface area (Å²) in [5.41, 5.74) is 0. The van der Waals surface area contributed by atoms with Gasteiger partial charge in [0.05, 0.1) is 7.11 Å². The molecule has 0 saturated heterocycles. The summed E-state index contributed by atoms with van der Waals surface area (Å²) in [5, 5.41) is 0. The van der Waals surface area contributed by atoms with E-state index < -0.39 is 11.2 Å². The molecule has 0 radical (unpaired) electrons. The summed E-state index contributed by atoms with van der Waals surface area (Å²) in [6.45, 7) is 0. The van der Waals surface area contributed by atoms with E-state index in [0.29, 0.717) is 11.5 Å². The molecule has 0 N–H and O–H groups in total. The average molecular weight is 266 g/mol. The van der Waals surface area contributed by atoms with Crippen LogP contribution in [-0.4, -0.2) is 11.3 Å². The van der Waals surface area contributed by atoms with E-state index >= 15 is 0 Å².